The van der Waals surface area contributed by atoms with Gasteiger partial charge in [-0.2, -0.15) is 48.3 Å². The molecule has 0 amide bonds. The molecule has 0 aliphatic rings. The van der Waals surface area contributed by atoms with Crippen molar-refractivity contribution in [1.29, 1.82) is 0 Å². The number of hydrogen-bond acceptors (Lipinski definition) is 2. The molecule has 0 aliphatic carbocycles. The van der Waals surface area contributed by atoms with Gasteiger partial charge in [0.1, 0.15) is 0 Å². The number of nitrogens with zero attached hydrogens (tertiary/aromatic N) is 1. The summed E-state index contributed by atoms with van der Waals surface area (Å²) in [7, 11) is 0. The normalized spacial score (nSPS) is 15.1. The molecular formula is C5F11NO. The van der Waals surface area contributed by atoms with E-state index in [4.69, 9.17) is 0 Å². The van der Waals surface area contributed by atoms with Gasteiger partial charge in [0.2, 0.25) is 0 Å². The van der Waals surface area contributed by atoms with Crippen LogP contribution in [0.3, 0.4) is 0 Å². The molecule has 0 saturated heterocycles. The summed E-state index contributed by atoms with van der Waals surface area (Å²) in [6, 6.07) is -11.5. The topological polar surface area (TPSA) is 20.3 Å². The van der Waals surface area contributed by atoms with Gasteiger partial charge >= 0.3 is 30.6 Å². The zero-order chi connectivity index (χ0) is 15.2. The van der Waals surface area contributed by atoms with Gasteiger partial charge in [-0.25, -0.2) is 0 Å². The van der Waals surface area contributed by atoms with Gasteiger partial charge in [-0.3, -0.25) is 4.79 Å². The predicted molar refractivity (Wildman–Crippen MR) is 30.0 cm³/mol. The van der Waals surface area contributed by atoms with Crippen molar-refractivity contribution in [2.45, 2.75) is 24.6 Å². The van der Waals surface area contributed by atoms with Gasteiger partial charge < -0.3 is 0 Å². The minimum atomic E-state index is -7.17. The second-order valence-corrected chi connectivity index (χ2v) is 2.66. The van der Waals surface area contributed by atoms with Gasteiger partial charge in [0.25, 0.3) is 0 Å². The number of carbonyl (C=O) groups excluding carboxylic acids is 1. The van der Waals surface area contributed by atoms with Crippen molar-refractivity contribution in [2.75, 3.05) is 0 Å². The molecule has 0 aliphatic heterocycles. The maximum absolute atomic E-state index is 12.4. The number of rotatable bonds is 3. The Morgan fingerprint density at radius 3 is 1.17 bits per heavy atom. The molecule has 0 aromatic heterocycles. The van der Waals surface area contributed by atoms with Gasteiger partial charge in [0.05, 0.1) is 0 Å². The zero-order valence-corrected chi connectivity index (χ0v) is 7.51. The maximum atomic E-state index is 12.4. The molecule has 0 unspecified atom stereocenters. The van der Waals surface area contributed by atoms with Gasteiger partial charge in [-0.15, -0.1) is 0 Å². The zero-order valence-electron chi connectivity index (χ0n) is 7.51. The van der Waals surface area contributed by atoms with Gasteiger partial charge in [-0.05, 0) is 0 Å². The second-order valence-electron chi connectivity index (χ2n) is 2.66. The first kappa shape index (κ1) is 16.9. The van der Waals surface area contributed by atoms with Crippen LogP contribution in [0.5, 0.6) is 0 Å². The van der Waals surface area contributed by atoms with Crippen molar-refractivity contribution in [1.82, 2.24) is 4.90 Å². The summed E-state index contributed by atoms with van der Waals surface area (Å²) >= 11 is 0. The van der Waals surface area contributed by atoms with E-state index in [9.17, 15) is 53.1 Å². The molecule has 0 saturated carbocycles. The SMILES string of the molecule is O=C(F)C(F)(F)C(F)(F)N(C(F)(F)F)C(F)(F)F. The molecule has 0 bridgehead atoms. The molecule has 0 atom stereocenters. The standard InChI is InChI=1S/C5F11NO/c6-1(18)2(7,8)3(9,10)17(4(11,12)13)5(14,15)16. The first-order valence-electron chi connectivity index (χ1n) is 3.45. The molecule has 0 spiro atoms. The summed E-state index contributed by atoms with van der Waals surface area (Å²) in [5.74, 6) is -6.82. The lowest BCUT2D eigenvalue weighted by atomic mass is 10.2. The highest BCUT2D eigenvalue weighted by Gasteiger charge is 2.77. The van der Waals surface area contributed by atoms with E-state index in [2.05, 4.69) is 0 Å². The Balaban J connectivity index is 5.87. The molecule has 13 heteroatoms. The third-order valence-corrected chi connectivity index (χ3v) is 1.41. The van der Waals surface area contributed by atoms with Crippen LogP contribution in [0.15, 0.2) is 0 Å². The molecule has 0 fully saturated rings. The van der Waals surface area contributed by atoms with E-state index in [-0.39, 0.29) is 0 Å². The Labute approximate surface area is 89.9 Å². The van der Waals surface area contributed by atoms with Crippen LogP contribution in [0.2, 0.25) is 0 Å². The maximum Gasteiger partial charge on any atom is 0.472 e. The smallest absolute Gasteiger partial charge is 0.254 e. The van der Waals surface area contributed by atoms with E-state index >= 15 is 0 Å². The molecule has 0 radical (unpaired) electrons. The minimum absolute atomic E-state index is 3.86. The average Bonchev–Trinajstić information content (AvgIpc) is 1.95. The van der Waals surface area contributed by atoms with E-state index in [0.29, 0.717) is 0 Å². The Kier molecular flexibility index (Phi) is 3.94. The predicted octanol–water partition coefficient (Wildman–Crippen LogP) is 3.05. The van der Waals surface area contributed by atoms with Crippen LogP contribution in [-0.4, -0.2) is 35.5 Å². The molecular weight excluding hydrogens is 299 g/mol. The summed E-state index contributed by atoms with van der Waals surface area (Å²) in [6.07, 6.45) is -14.0. The van der Waals surface area contributed by atoms with E-state index in [1.165, 1.54) is 0 Å². The monoisotopic (exact) mass is 299 g/mol. The van der Waals surface area contributed by atoms with Gasteiger partial charge in [-0.1, -0.05) is 4.90 Å². The molecule has 0 aromatic rings. The van der Waals surface area contributed by atoms with Crippen LogP contribution < -0.4 is 0 Å². The Morgan fingerprint density at radius 2 is 1.00 bits per heavy atom. The largest absolute Gasteiger partial charge is 0.472 e. The fraction of sp³-hybridized carbons (Fsp3) is 0.800. The van der Waals surface area contributed by atoms with Crippen molar-refractivity contribution >= 4 is 6.04 Å². The Bertz CT molecular complexity index is 313. The van der Waals surface area contributed by atoms with Crippen LogP contribution in [0.25, 0.3) is 0 Å². The molecule has 108 valence electrons. The summed E-state index contributed by atoms with van der Waals surface area (Å²) < 4.78 is 130. The summed E-state index contributed by atoms with van der Waals surface area (Å²) in [4.78, 5) is 5.56. The highest BCUT2D eigenvalue weighted by molar-refractivity contribution is 5.77. The van der Waals surface area contributed by atoms with Crippen molar-refractivity contribution in [3.05, 3.63) is 0 Å². The van der Waals surface area contributed by atoms with Crippen LogP contribution in [0.1, 0.15) is 0 Å². The van der Waals surface area contributed by atoms with Crippen LogP contribution in [0, 0.1) is 0 Å². The van der Waals surface area contributed by atoms with E-state index in [0.717, 1.165) is 0 Å². The highest BCUT2D eigenvalue weighted by atomic mass is 19.4. The quantitative estimate of drug-likeness (QED) is 0.453. The summed E-state index contributed by atoms with van der Waals surface area (Å²) in [6.45, 7) is 0. The molecule has 2 nitrogen and oxygen atoms in total. The van der Waals surface area contributed by atoms with Crippen LogP contribution >= 0.6 is 0 Å². The number of hydrogen-bond donors (Lipinski definition) is 0. The third kappa shape index (κ3) is 2.81. The van der Waals surface area contributed by atoms with E-state index < -0.39 is 35.5 Å². The Hall–Kier alpha value is -1.14. The number of alkyl halides is 10. The van der Waals surface area contributed by atoms with Crippen LogP contribution in [0.4, 0.5) is 48.3 Å². The molecule has 0 N–H and O–H groups in total. The molecule has 0 aromatic carbocycles. The van der Waals surface area contributed by atoms with Gasteiger partial charge in [0.15, 0.2) is 0 Å². The van der Waals surface area contributed by atoms with Crippen molar-refractivity contribution in [2.24, 2.45) is 0 Å². The lowest BCUT2D eigenvalue weighted by molar-refractivity contribution is -0.463. The number of carbonyl (C=O) groups is 1. The first-order valence-corrected chi connectivity index (χ1v) is 3.45. The average molecular weight is 299 g/mol. The van der Waals surface area contributed by atoms with Gasteiger partial charge in [0, 0.05) is 0 Å². The third-order valence-electron chi connectivity index (χ3n) is 1.41. The molecule has 0 heterocycles. The lowest BCUT2D eigenvalue weighted by Crippen LogP contribution is -2.66. The highest BCUT2D eigenvalue weighted by Crippen LogP contribution is 2.48. The van der Waals surface area contributed by atoms with Crippen molar-refractivity contribution < 1.29 is 53.1 Å². The second kappa shape index (κ2) is 4.20. The minimum Gasteiger partial charge on any atom is -0.254 e. The van der Waals surface area contributed by atoms with E-state index in [1.54, 1.807) is 0 Å². The fourth-order valence-corrected chi connectivity index (χ4v) is 0.721. The number of halogens is 11. The van der Waals surface area contributed by atoms with Crippen molar-refractivity contribution in [3.63, 3.8) is 0 Å². The fourth-order valence-electron chi connectivity index (χ4n) is 0.721. The summed E-state index contributed by atoms with van der Waals surface area (Å²) in [5, 5.41) is 0. The first-order chi connectivity index (χ1) is 7.56. The summed E-state index contributed by atoms with van der Waals surface area (Å²) in [5.41, 5.74) is 0. The van der Waals surface area contributed by atoms with Crippen molar-refractivity contribution in [3.8, 4) is 0 Å². The molecule has 18 heavy (non-hydrogen) atoms. The van der Waals surface area contributed by atoms with Crippen LogP contribution in [-0.2, 0) is 4.79 Å². The Morgan fingerprint density at radius 1 is 0.722 bits per heavy atom. The van der Waals surface area contributed by atoms with E-state index in [1.807, 2.05) is 0 Å². The molecule has 0 rings (SSSR count). The lowest BCUT2D eigenvalue weighted by Gasteiger charge is -2.35.